The molecule has 1 atom stereocenters. The standard InChI is InChI=1S/C16H14Cl2N2O3/c17-11-2-1-3-12(18)13(11)14(21)16(20,15(22)23)8-9-4-6-10(19)7-5-9/h1-7H,8,19-20H2,(H,22,23)/t16-/m1/s1. The number of carbonyl (C=O) groups is 2. The number of carbonyl (C=O) groups excluding carboxylic acids is 1. The van der Waals surface area contributed by atoms with Crippen molar-refractivity contribution in [1.82, 2.24) is 0 Å². The maximum Gasteiger partial charge on any atom is 0.332 e. The minimum absolute atomic E-state index is 0.0517. The zero-order valence-electron chi connectivity index (χ0n) is 11.9. The second-order valence-electron chi connectivity index (χ2n) is 5.12. The van der Waals surface area contributed by atoms with Crippen LogP contribution in [0.1, 0.15) is 15.9 Å². The smallest absolute Gasteiger partial charge is 0.332 e. The summed E-state index contributed by atoms with van der Waals surface area (Å²) in [5, 5.41) is 9.61. The number of ketones is 1. The number of benzene rings is 2. The summed E-state index contributed by atoms with van der Waals surface area (Å²) < 4.78 is 0. The van der Waals surface area contributed by atoms with Crippen LogP contribution >= 0.6 is 23.2 Å². The number of carboxylic acid groups (broad SMARTS) is 1. The lowest BCUT2D eigenvalue weighted by Gasteiger charge is -2.24. The highest BCUT2D eigenvalue weighted by Crippen LogP contribution is 2.29. The zero-order chi connectivity index (χ0) is 17.2. The first-order valence-electron chi connectivity index (χ1n) is 6.61. The van der Waals surface area contributed by atoms with Gasteiger partial charge in [-0.15, -0.1) is 0 Å². The maximum atomic E-state index is 12.7. The summed E-state index contributed by atoms with van der Waals surface area (Å²) in [6, 6.07) is 10.9. The normalized spacial score (nSPS) is 13.3. The van der Waals surface area contributed by atoms with Gasteiger partial charge in [0.15, 0.2) is 11.3 Å². The number of rotatable bonds is 5. The van der Waals surface area contributed by atoms with Crippen LogP contribution in [0.2, 0.25) is 10.0 Å². The molecule has 0 radical (unpaired) electrons. The molecule has 0 fully saturated rings. The molecular weight excluding hydrogens is 339 g/mol. The Morgan fingerprint density at radius 1 is 1.04 bits per heavy atom. The van der Waals surface area contributed by atoms with Gasteiger partial charge in [-0.2, -0.15) is 0 Å². The summed E-state index contributed by atoms with van der Waals surface area (Å²) in [6.07, 6.45) is -0.219. The van der Waals surface area contributed by atoms with E-state index in [1.165, 1.54) is 12.1 Å². The van der Waals surface area contributed by atoms with Crippen LogP contribution in [0, 0.1) is 0 Å². The Balaban J connectivity index is 2.46. The van der Waals surface area contributed by atoms with Crippen molar-refractivity contribution >= 4 is 40.6 Å². The lowest BCUT2D eigenvalue weighted by atomic mass is 9.84. The van der Waals surface area contributed by atoms with E-state index in [-0.39, 0.29) is 22.0 Å². The first-order chi connectivity index (χ1) is 10.8. The van der Waals surface area contributed by atoms with Gasteiger partial charge in [0.1, 0.15) is 0 Å². The summed E-state index contributed by atoms with van der Waals surface area (Å²) in [4.78, 5) is 24.4. The fourth-order valence-electron chi connectivity index (χ4n) is 2.15. The molecule has 5 N–H and O–H groups in total. The summed E-state index contributed by atoms with van der Waals surface area (Å²) in [5.74, 6) is -2.31. The van der Waals surface area contributed by atoms with Crippen molar-refractivity contribution in [2.24, 2.45) is 5.73 Å². The molecule has 2 rings (SSSR count). The summed E-state index contributed by atoms with van der Waals surface area (Å²) in [5.41, 5.74) is 10.3. The van der Waals surface area contributed by atoms with Gasteiger partial charge >= 0.3 is 5.97 Å². The zero-order valence-corrected chi connectivity index (χ0v) is 13.4. The number of nitrogen functional groups attached to an aromatic ring is 1. The number of anilines is 1. The van der Waals surface area contributed by atoms with Crippen molar-refractivity contribution in [3.63, 3.8) is 0 Å². The van der Waals surface area contributed by atoms with Crippen molar-refractivity contribution < 1.29 is 14.7 Å². The van der Waals surface area contributed by atoms with Crippen LogP contribution in [0.25, 0.3) is 0 Å². The van der Waals surface area contributed by atoms with Crippen LogP contribution in [0.3, 0.4) is 0 Å². The van der Waals surface area contributed by atoms with Gasteiger partial charge in [-0.3, -0.25) is 4.79 Å². The number of aliphatic carboxylic acids is 1. The second kappa shape index (κ2) is 6.58. The first-order valence-corrected chi connectivity index (χ1v) is 7.37. The van der Waals surface area contributed by atoms with Crippen molar-refractivity contribution in [2.75, 3.05) is 5.73 Å². The average Bonchev–Trinajstić information content (AvgIpc) is 2.49. The fraction of sp³-hybridized carbons (Fsp3) is 0.125. The molecule has 2 aromatic rings. The van der Waals surface area contributed by atoms with Crippen molar-refractivity contribution in [3.8, 4) is 0 Å². The molecule has 0 aliphatic carbocycles. The van der Waals surface area contributed by atoms with Gasteiger partial charge < -0.3 is 16.6 Å². The number of hydrogen-bond acceptors (Lipinski definition) is 4. The largest absolute Gasteiger partial charge is 0.480 e. The van der Waals surface area contributed by atoms with E-state index in [1.807, 2.05) is 0 Å². The predicted octanol–water partition coefficient (Wildman–Crippen LogP) is 2.78. The first kappa shape index (κ1) is 17.3. The molecule has 2 aromatic carbocycles. The summed E-state index contributed by atoms with van der Waals surface area (Å²) in [6.45, 7) is 0. The Labute approximate surface area is 142 Å². The van der Waals surface area contributed by atoms with Crippen LogP contribution in [-0.4, -0.2) is 22.4 Å². The third kappa shape index (κ3) is 3.47. The molecule has 120 valence electrons. The highest BCUT2D eigenvalue weighted by molar-refractivity contribution is 6.41. The highest BCUT2D eigenvalue weighted by Gasteiger charge is 2.44. The van der Waals surface area contributed by atoms with Crippen LogP contribution in [0.4, 0.5) is 5.69 Å². The van der Waals surface area contributed by atoms with Gasteiger partial charge in [0.25, 0.3) is 0 Å². The average molecular weight is 353 g/mol. The minimum Gasteiger partial charge on any atom is -0.480 e. The van der Waals surface area contributed by atoms with Crippen LogP contribution in [0.15, 0.2) is 42.5 Å². The van der Waals surface area contributed by atoms with Gasteiger partial charge in [0.2, 0.25) is 0 Å². The quantitative estimate of drug-likeness (QED) is 0.435. The van der Waals surface area contributed by atoms with Crippen molar-refractivity contribution in [1.29, 1.82) is 0 Å². The summed E-state index contributed by atoms with van der Waals surface area (Å²) in [7, 11) is 0. The van der Waals surface area contributed by atoms with Gasteiger partial charge in [-0.1, -0.05) is 41.4 Å². The highest BCUT2D eigenvalue weighted by atomic mass is 35.5. The number of halogens is 2. The van der Waals surface area contributed by atoms with E-state index in [1.54, 1.807) is 30.3 Å². The molecule has 5 nitrogen and oxygen atoms in total. The SMILES string of the molecule is Nc1ccc(C[C@](N)(C(=O)O)C(=O)c2c(Cl)cccc2Cl)cc1. The van der Waals surface area contributed by atoms with Gasteiger partial charge in [0.05, 0.1) is 15.6 Å². The number of Topliss-reactive ketones (excluding diaryl/α,β-unsaturated/α-hetero) is 1. The molecule has 0 heterocycles. The Hall–Kier alpha value is -2.08. The molecule has 0 unspecified atom stereocenters. The molecular formula is C16H14Cl2N2O3. The summed E-state index contributed by atoms with van der Waals surface area (Å²) >= 11 is 12.0. The van der Waals surface area contributed by atoms with E-state index in [0.717, 1.165) is 0 Å². The minimum atomic E-state index is -2.19. The van der Waals surface area contributed by atoms with E-state index < -0.39 is 17.3 Å². The molecule has 0 amide bonds. The van der Waals surface area contributed by atoms with Gasteiger partial charge in [-0.25, -0.2) is 4.79 Å². The molecule has 0 aliphatic rings. The third-order valence-electron chi connectivity index (χ3n) is 3.44. The monoisotopic (exact) mass is 352 g/mol. The Morgan fingerprint density at radius 2 is 1.57 bits per heavy atom. The van der Waals surface area contributed by atoms with Gasteiger partial charge in [-0.05, 0) is 29.8 Å². The topological polar surface area (TPSA) is 106 Å². The van der Waals surface area contributed by atoms with Gasteiger partial charge in [0, 0.05) is 12.1 Å². The van der Waals surface area contributed by atoms with E-state index in [9.17, 15) is 14.7 Å². The molecule has 7 heteroatoms. The predicted molar refractivity (Wildman–Crippen MR) is 89.9 cm³/mol. The maximum absolute atomic E-state index is 12.7. The van der Waals surface area contributed by atoms with Crippen molar-refractivity contribution in [2.45, 2.75) is 12.0 Å². The Morgan fingerprint density at radius 3 is 2.04 bits per heavy atom. The molecule has 0 spiro atoms. The lowest BCUT2D eigenvalue weighted by molar-refractivity contribution is -0.141. The fourth-order valence-corrected chi connectivity index (χ4v) is 2.72. The van der Waals surface area contributed by atoms with Crippen LogP contribution < -0.4 is 11.5 Å². The number of hydrogen-bond donors (Lipinski definition) is 3. The van der Waals surface area contributed by atoms with Crippen molar-refractivity contribution in [3.05, 3.63) is 63.6 Å². The number of carboxylic acids is 1. The van der Waals surface area contributed by atoms with E-state index in [0.29, 0.717) is 11.3 Å². The van der Waals surface area contributed by atoms with Crippen LogP contribution in [-0.2, 0) is 11.2 Å². The Kier molecular flexibility index (Phi) is 4.94. The van der Waals surface area contributed by atoms with E-state index in [2.05, 4.69) is 0 Å². The van der Waals surface area contributed by atoms with Crippen LogP contribution in [0.5, 0.6) is 0 Å². The molecule has 0 aliphatic heterocycles. The van der Waals surface area contributed by atoms with E-state index >= 15 is 0 Å². The Bertz CT molecular complexity index is 742. The molecule has 23 heavy (non-hydrogen) atoms. The number of nitrogens with two attached hydrogens (primary N) is 2. The molecule has 0 aromatic heterocycles. The lowest BCUT2D eigenvalue weighted by Crippen LogP contribution is -2.56. The van der Waals surface area contributed by atoms with E-state index in [4.69, 9.17) is 34.7 Å². The third-order valence-corrected chi connectivity index (χ3v) is 4.07. The molecule has 0 saturated carbocycles. The second-order valence-corrected chi connectivity index (χ2v) is 5.94. The molecule has 0 bridgehead atoms. The molecule has 0 saturated heterocycles.